The van der Waals surface area contributed by atoms with E-state index in [0.29, 0.717) is 26.0 Å². The van der Waals surface area contributed by atoms with Gasteiger partial charge in [-0.1, -0.05) is 24.3 Å². The zero-order valence-corrected chi connectivity index (χ0v) is 36.5. The molecule has 1 aliphatic rings. The minimum absolute atomic E-state index is 0.00182. The van der Waals surface area contributed by atoms with Gasteiger partial charge in [0.05, 0.1) is 20.1 Å². The molecule has 8 bridgehead atoms. The maximum absolute atomic E-state index is 12.4. The van der Waals surface area contributed by atoms with E-state index in [4.69, 9.17) is 9.47 Å². The number of H-pyrrole nitrogens is 5. The Morgan fingerprint density at radius 3 is 1.37 bits per heavy atom. The van der Waals surface area contributed by atoms with Gasteiger partial charge in [-0.2, -0.15) is 0 Å². The number of aryl methyl sites for hydroxylation is 2. The third kappa shape index (κ3) is 8.59. The van der Waals surface area contributed by atoms with E-state index < -0.39 is 0 Å². The van der Waals surface area contributed by atoms with Crippen molar-refractivity contribution in [2.75, 3.05) is 20.3 Å². The van der Waals surface area contributed by atoms with Gasteiger partial charge in [-0.3, -0.25) is 4.79 Å². The molecule has 10 rings (SSSR count). The highest BCUT2D eigenvalue weighted by atomic mass is 16.5. The van der Waals surface area contributed by atoms with Crippen molar-refractivity contribution in [2.45, 2.75) is 12.8 Å². The largest absolute Gasteiger partial charge is 0.497 e. The van der Waals surface area contributed by atoms with Crippen LogP contribution in [-0.4, -0.2) is 51.1 Å². The maximum Gasteiger partial charge on any atom is 0.224 e. The molecule has 65 heavy (non-hydrogen) atoms. The number of nitrogens with zero attached hydrogens (tertiary/aromatic N) is 2. The molecule has 322 valence electrons. The molecule has 9 aromatic rings. The smallest absolute Gasteiger partial charge is 0.224 e. The average Bonchev–Trinajstić information content (AvgIpc) is 4.20. The van der Waals surface area contributed by atoms with Gasteiger partial charge in [-0.25, -0.2) is 9.13 Å². The molecule has 1 aliphatic heterocycles. The first-order valence-electron chi connectivity index (χ1n) is 21.8. The Hall–Kier alpha value is -8.31. The third-order valence-electron chi connectivity index (χ3n) is 11.9. The fourth-order valence-corrected chi connectivity index (χ4v) is 8.59. The van der Waals surface area contributed by atoms with Crippen LogP contribution in [0.3, 0.4) is 0 Å². The molecular formula is C54H50N8O3+2. The first-order valence-corrected chi connectivity index (χ1v) is 21.8. The number of fused-ring (bicyclic) bond motifs is 8. The Balaban J connectivity index is 1.11. The molecule has 6 N–H and O–H groups in total. The predicted octanol–water partition coefficient (Wildman–Crippen LogP) is 4.42. The number of rotatable bonds is 12. The molecule has 0 saturated heterocycles. The summed E-state index contributed by atoms with van der Waals surface area (Å²) in [6.45, 7) is 1.02. The number of aromatic amines is 5. The summed E-state index contributed by atoms with van der Waals surface area (Å²) < 4.78 is 15.8. The molecule has 7 aromatic heterocycles. The Bertz CT molecular complexity index is 3370. The van der Waals surface area contributed by atoms with Crippen LogP contribution in [0.2, 0.25) is 0 Å². The first kappa shape index (κ1) is 40.7. The quantitative estimate of drug-likeness (QED) is 0.0804. The fraction of sp³-hybridized carbons (Fsp3) is 0.130. The van der Waals surface area contributed by atoms with Crippen LogP contribution >= 0.6 is 0 Å². The molecule has 11 nitrogen and oxygen atoms in total. The van der Waals surface area contributed by atoms with Crippen molar-refractivity contribution in [2.24, 2.45) is 14.1 Å². The van der Waals surface area contributed by atoms with Crippen LogP contribution in [-0.2, 0) is 25.3 Å². The predicted molar refractivity (Wildman–Crippen MR) is 250 cm³/mol. The minimum Gasteiger partial charge on any atom is -0.497 e. The topological polar surface area (TPSA) is 134 Å². The summed E-state index contributed by atoms with van der Waals surface area (Å²) in [6, 6.07) is 44.3. The molecule has 0 spiro atoms. The number of ether oxygens (including phenoxy) is 2. The molecule has 8 heterocycles. The number of carbonyl (C=O) groups excluding carboxylic acids is 1. The highest BCUT2D eigenvalue weighted by molar-refractivity contribution is 5.85. The summed E-state index contributed by atoms with van der Waals surface area (Å²) >= 11 is 0. The molecule has 11 heteroatoms. The normalized spacial score (nSPS) is 12.4. The number of hydrogen-bond donors (Lipinski definition) is 6. The van der Waals surface area contributed by atoms with E-state index in [1.165, 1.54) is 0 Å². The number of hydrogen-bond acceptors (Lipinski definition) is 3. The van der Waals surface area contributed by atoms with Crippen molar-refractivity contribution >= 4 is 28.2 Å². The molecule has 0 fully saturated rings. The van der Waals surface area contributed by atoms with Crippen molar-refractivity contribution in [3.8, 4) is 11.5 Å². The van der Waals surface area contributed by atoms with E-state index in [1.807, 2.05) is 66.0 Å². The van der Waals surface area contributed by atoms with Crippen molar-refractivity contribution in [1.29, 1.82) is 0 Å². The lowest BCUT2D eigenvalue weighted by atomic mass is 10.0. The summed E-state index contributed by atoms with van der Waals surface area (Å²) in [7, 11) is 5.75. The van der Waals surface area contributed by atoms with E-state index in [1.54, 1.807) is 7.11 Å². The molecular weight excluding hydrogens is 809 g/mol. The number of nitrogens with one attached hydrogen (secondary N) is 6. The Kier molecular flexibility index (Phi) is 11.2. The second-order valence-corrected chi connectivity index (χ2v) is 16.3. The monoisotopic (exact) mass is 858 g/mol. The Morgan fingerprint density at radius 1 is 0.523 bits per heavy atom. The summed E-state index contributed by atoms with van der Waals surface area (Å²) in [6.07, 6.45) is 13.0. The Morgan fingerprint density at radius 2 is 0.954 bits per heavy atom. The highest BCUT2D eigenvalue weighted by Crippen LogP contribution is 2.29. The van der Waals surface area contributed by atoms with Gasteiger partial charge in [0.1, 0.15) is 25.6 Å². The number of carbonyl (C=O) groups is 1. The molecule has 0 atom stereocenters. The second-order valence-electron chi connectivity index (χ2n) is 16.3. The summed E-state index contributed by atoms with van der Waals surface area (Å²) in [4.78, 5) is 30.8. The number of benzene rings is 2. The van der Waals surface area contributed by atoms with Gasteiger partial charge in [-0.15, -0.1) is 0 Å². The minimum atomic E-state index is -0.00182. The number of amides is 1. The van der Waals surface area contributed by atoms with Crippen molar-refractivity contribution in [3.05, 3.63) is 237 Å². The van der Waals surface area contributed by atoms with Gasteiger partial charge in [0.15, 0.2) is 24.8 Å². The number of methoxy groups -OCH3 is 1. The molecule has 1 amide bonds. The van der Waals surface area contributed by atoms with Crippen LogP contribution in [0.15, 0.2) is 165 Å². The average molecular weight is 859 g/mol. The second kappa shape index (κ2) is 17.8. The lowest BCUT2D eigenvalue weighted by Gasteiger charge is -2.11. The SMILES string of the molecule is COc1ccc(C2=c3ccc([nH]3)=C(c3cc[n+](C)cc3)c3ccc([nH]3)C(c3ccc(OCCCNC(=O)Cc4cc[nH]c4)cc3)=c3ccc([nH]3)=C(c3cc[n+](C)cc3)c3ccc2[nH]3)cc1. The molecule has 0 unspecified atom stereocenters. The van der Waals surface area contributed by atoms with Crippen molar-refractivity contribution in [1.82, 2.24) is 30.2 Å². The van der Waals surface area contributed by atoms with E-state index >= 15 is 0 Å². The van der Waals surface area contributed by atoms with Gasteiger partial charge < -0.3 is 39.7 Å². The summed E-state index contributed by atoms with van der Waals surface area (Å²) in [5.74, 6) is 1.56. The number of pyridine rings is 2. The van der Waals surface area contributed by atoms with Crippen LogP contribution in [0.4, 0.5) is 0 Å². The third-order valence-corrected chi connectivity index (χ3v) is 11.9. The molecule has 0 aliphatic carbocycles. The maximum atomic E-state index is 12.4. The van der Waals surface area contributed by atoms with Gasteiger partial charge in [0, 0.05) is 110 Å². The van der Waals surface area contributed by atoms with Gasteiger partial charge in [-0.05, 0) is 113 Å². The van der Waals surface area contributed by atoms with E-state index in [0.717, 1.165) is 106 Å². The van der Waals surface area contributed by atoms with Crippen LogP contribution in [0.25, 0.3) is 22.3 Å². The van der Waals surface area contributed by atoms with Crippen LogP contribution in [0, 0.1) is 0 Å². The van der Waals surface area contributed by atoms with Gasteiger partial charge in [0.2, 0.25) is 5.91 Å². The summed E-state index contributed by atoms with van der Waals surface area (Å²) in [5, 5.41) is 6.86. The highest BCUT2D eigenvalue weighted by Gasteiger charge is 2.19. The van der Waals surface area contributed by atoms with Crippen LogP contribution < -0.4 is 45.3 Å². The standard InChI is InChI=1S/C54H48N8O3/c1-61-28-22-38(23-29-61)53-46-17-13-42(57-46)51(36-5-9-40(64-3)10-6-36)43-14-18-47(58-43)54(39-24-30-62(2)31-25-39)49-20-16-45(60-49)52(44-15-19-48(53)59-44)37-7-11-41(12-8-37)65-32-4-26-56-50(63)33-35-21-27-55-34-35/h5-25,27-31,34,55H,4,26,32-33H2,1-3H3,(H3,56,57,58,59,60,63)/p+2. The zero-order chi connectivity index (χ0) is 44.3. The Labute approximate surface area is 375 Å². The zero-order valence-electron chi connectivity index (χ0n) is 36.5. The molecule has 0 saturated carbocycles. The number of aromatic nitrogens is 7. The lowest BCUT2D eigenvalue weighted by molar-refractivity contribution is -0.671. The summed E-state index contributed by atoms with van der Waals surface area (Å²) in [5.41, 5.74) is 13.2. The van der Waals surface area contributed by atoms with Gasteiger partial charge in [0.25, 0.3) is 0 Å². The van der Waals surface area contributed by atoms with Crippen LogP contribution in [0.1, 0.15) is 57.0 Å². The first-order chi connectivity index (χ1) is 31.9. The van der Waals surface area contributed by atoms with Crippen molar-refractivity contribution in [3.63, 3.8) is 0 Å². The van der Waals surface area contributed by atoms with E-state index in [9.17, 15) is 4.79 Å². The lowest BCUT2D eigenvalue weighted by Crippen LogP contribution is -2.26. The van der Waals surface area contributed by atoms with Crippen LogP contribution in [0.5, 0.6) is 11.5 Å². The fourth-order valence-electron chi connectivity index (χ4n) is 8.59. The van der Waals surface area contributed by atoms with E-state index in [2.05, 4.69) is 152 Å². The van der Waals surface area contributed by atoms with E-state index in [-0.39, 0.29) is 5.91 Å². The molecule has 0 radical (unpaired) electrons. The van der Waals surface area contributed by atoms with Gasteiger partial charge >= 0.3 is 0 Å². The molecule has 2 aromatic carbocycles. The van der Waals surface area contributed by atoms with Crippen molar-refractivity contribution < 1.29 is 23.4 Å².